The third kappa shape index (κ3) is 2.30. The van der Waals surface area contributed by atoms with Crippen LogP contribution in [0.5, 0.6) is 0 Å². The Morgan fingerprint density at radius 2 is 1.93 bits per heavy atom. The molecule has 0 aromatic rings. The van der Waals surface area contributed by atoms with Crippen LogP contribution in [0.1, 0.15) is 25.7 Å². The van der Waals surface area contributed by atoms with E-state index < -0.39 is 5.97 Å². The second-order valence-electron chi connectivity index (χ2n) is 4.47. The van der Waals surface area contributed by atoms with Gasteiger partial charge in [0.2, 0.25) is 0 Å². The summed E-state index contributed by atoms with van der Waals surface area (Å²) in [5.41, 5.74) is 5.94. The first-order valence-electron chi connectivity index (χ1n) is 5.68. The van der Waals surface area contributed by atoms with Crippen molar-refractivity contribution in [3.63, 3.8) is 0 Å². The molecule has 2 saturated heterocycles. The van der Waals surface area contributed by atoms with Gasteiger partial charge in [-0.05, 0) is 25.7 Å². The number of nitrogens with two attached hydrogens (primary N) is 1. The number of aliphatic carboxylic acids is 1. The number of carboxylic acid groups (broad SMARTS) is 1. The van der Waals surface area contributed by atoms with Crippen LogP contribution < -0.4 is 5.73 Å². The second kappa shape index (κ2) is 4.47. The zero-order valence-corrected chi connectivity index (χ0v) is 8.93. The molecule has 0 spiro atoms. The van der Waals surface area contributed by atoms with Crippen molar-refractivity contribution in [3.8, 4) is 0 Å². The lowest BCUT2D eigenvalue weighted by Gasteiger charge is -2.41. The Morgan fingerprint density at radius 3 is 2.60 bits per heavy atom. The minimum absolute atomic E-state index is 0.120. The van der Waals surface area contributed by atoms with E-state index in [4.69, 9.17) is 10.8 Å². The monoisotopic (exact) mass is 213 g/mol. The summed E-state index contributed by atoms with van der Waals surface area (Å²) in [6.45, 7) is 2.63. The van der Waals surface area contributed by atoms with Crippen molar-refractivity contribution >= 4 is 5.97 Å². The molecule has 0 aromatic carbocycles. The fraction of sp³-hybridized carbons (Fsp3) is 0.900. The number of rotatable bonds is 1. The predicted octanol–water partition coefficient (Wildman–Crippen LogP) is -0.126. The average Bonchev–Trinajstić information content (AvgIpc) is 2.37. The van der Waals surface area contributed by atoms with Crippen molar-refractivity contribution < 1.29 is 9.90 Å². The van der Waals surface area contributed by atoms with Crippen LogP contribution in [0, 0.1) is 0 Å². The molecule has 0 unspecified atom stereocenters. The van der Waals surface area contributed by atoms with Gasteiger partial charge in [0.1, 0.15) is 6.04 Å². The summed E-state index contributed by atoms with van der Waals surface area (Å²) >= 11 is 0. The molecule has 2 aliphatic rings. The Hall–Kier alpha value is -0.650. The van der Waals surface area contributed by atoms with E-state index in [2.05, 4.69) is 5.01 Å². The van der Waals surface area contributed by atoms with Crippen LogP contribution in [0.3, 0.4) is 0 Å². The lowest BCUT2D eigenvalue weighted by atomic mass is 10.1. The zero-order valence-electron chi connectivity index (χ0n) is 8.93. The largest absolute Gasteiger partial charge is 0.480 e. The number of hydrogen-bond donors (Lipinski definition) is 2. The topological polar surface area (TPSA) is 69.8 Å². The molecule has 2 rings (SSSR count). The molecule has 5 heteroatoms. The van der Waals surface area contributed by atoms with Crippen molar-refractivity contribution in [1.29, 1.82) is 0 Å². The van der Waals surface area contributed by atoms with Gasteiger partial charge in [0.25, 0.3) is 0 Å². The Kier molecular flexibility index (Phi) is 3.23. The van der Waals surface area contributed by atoms with E-state index in [0.29, 0.717) is 6.54 Å². The van der Waals surface area contributed by atoms with E-state index in [9.17, 15) is 4.79 Å². The van der Waals surface area contributed by atoms with Crippen LogP contribution in [0.4, 0.5) is 0 Å². The summed E-state index contributed by atoms with van der Waals surface area (Å²) in [6.07, 6.45) is 3.80. The highest BCUT2D eigenvalue weighted by molar-refractivity contribution is 5.73. The third-order valence-corrected chi connectivity index (χ3v) is 3.31. The Labute approximate surface area is 89.8 Å². The van der Waals surface area contributed by atoms with Gasteiger partial charge < -0.3 is 10.8 Å². The standard InChI is InChI=1S/C10H19N3O2/c11-8-3-1-5-12-6-2-4-9(10(14)15)13(12)7-8/h8-9H,1-7,11H2,(H,14,15)/t8-,9-/m0/s1. The molecule has 3 N–H and O–H groups in total. The maximum atomic E-state index is 11.1. The summed E-state index contributed by atoms with van der Waals surface area (Å²) in [6, 6.07) is -0.238. The van der Waals surface area contributed by atoms with E-state index in [1.54, 1.807) is 0 Å². The number of fused-ring (bicyclic) bond motifs is 1. The maximum Gasteiger partial charge on any atom is 0.322 e. The van der Waals surface area contributed by atoms with Crippen molar-refractivity contribution in [1.82, 2.24) is 10.0 Å². The predicted molar refractivity (Wildman–Crippen MR) is 56.1 cm³/mol. The highest BCUT2D eigenvalue weighted by Gasteiger charge is 2.35. The van der Waals surface area contributed by atoms with Gasteiger partial charge in [0.05, 0.1) is 0 Å². The molecule has 0 amide bonds. The average molecular weight is 213 g/mol. The molecular weight excluding hydrogens is 194 g/mol. The van der Waals surface area contributed by atoms with Crippen LogP contribution in [-0.2, 0) is 4.79 Å². The third-order valence-electron chi connectivity index (χ3n) is 3.31. The lowest BCUT2D eigenvalue weighted by Crippen LogP contribution is -2.57. The molecule has 2 aliphatic heterocycles. The fourth-order valence-corrected chi connectivity index (χ4v) is 2.54. The summed E-state index contributed by atoms with van der Waals surface area (Å²) in [5.74, 6) is -0.714. The molecule has 15 heavy (non-hydrogen) atoms. The summed E-state index contributed by atoms with van der Waals surface area (Å²) in [7, 11) is 0. The molecule has 2 fully saturated rings. The van der Waals surface area contributed by atoms with Gasteiger partial charge in [-0.3, -0.25) is 4.79 Å². The zero-order chi connectivity index (χ0) is 10.8. The van der Waals surface area contributed by atoms with Crippen LogP contribution in [0.2, 0.25) is 0 Å². The number of carboxylic acids is 1. The summed E-state index contributed by atoms with van der Waals surface area (Å²) < 4.78 is 0. The van der Waals surface area contributed by atoms with Crippen LogP contribution in [-0.4, -0.2) is 52.8 Å². The maximum absolute atomic E-state index is 11.1. The van der Waals surface area contributed by atoms with E-state index in [1.165, 1.54) is 0 Å². The number of hydrogen-bond acceptors (Lipinski definition) is 4. The number of carbonyl (C=O) groups is 1. The highest BCUT2D eigenvalue weighted by atomic mass is 16.4. The highest BCUT2D eigenvalue weighted by Crippen LogP contribution is 2.22. The minimum atomic E-state index is -0.714. The Balaban J connectivity index is 2.11. The first kappa shape index (κ1) is 10.9. The van der Waals surface area contributed by atoms with Crippen LogP contribution in [0.15, 0.2) is 0 Å². The van der Waals surface area contributed by atoms with E-state index in [1.807, 2.05) is 5.01 Å². The van der Waals surface area contributed by atoms with Gasteiger partial charge in [-0.25, -0.2) is 10.0 Å². The molecule has 0 aromatic heterocycles. The summed E-state index contributed by atoms with van der Waals surface area (Å²) in [4.78, 5) is 11.1. The van der Waals surface area contributed by atoms with Crippen molar-refractivity contribution in [2.75, 3.05) is 19.6 Å². The summed E-state index contributed by atoms with van der Waals surface area (Å²) in [5, 5.41) is 13.3. The van der Waals surface area contributed by atoms with Gasteiger partial charge >= 0.3 is 5.97 Å². The second-order valence-corrected chi connectivity index (χ2v) is 4.47. The first-order valence-corrected chi connectivity index (χ1v) is 5.68. The lowest BCUT2D eigenvalue weighted by molar-refractivity contribution is -0.159. The van der Waals surface area contributed by atoms with Gasteiger partial charge in [0.15, 0.2) is 0 Å². The molecule has 0 aliphatic carbocycles. The Bertz CT molecular complexity index is 247. The van der Waals surface area contributed by atoms with Crippen molar-refractivity contribution in [3.05, 3.63) is 0 Å². The van der Waals surface area contributed by atoms with Gasteiger partial charge in [0, 0.05) is 25.7 Å². The van der Waals surface area contributed by atoms with E-state index in [-0.39, 0.29) is 12.1 Å². The smallest absolute Gasteiger partial charge is 0.322 e. The van der Waals surface area contributed by atoms with Gasteiger partial charge in [-0.15, -0.1) is 0 Å². The SMILES string of the molecule is N[C@H]1CCCN2CCC[C@@H](C(=O)O)N2C1. The molecule has 86 valence electrons. The van der Waals surface area contributed by atoms with Crippen molar-refractivity contribution in [2.24, 2.45) is 5.73 Å². The first-order chi connectivity index (χ1) is 7.18. The molecule has 2 atom stereocenters. The normalized spacial score (nSPS) is 34.5. The van der Waals surface area contributed by atoms with E-state index >= 15 is 0 Å². The molecule has 2 heterocycles. The fourth-order valence-electron chi connectivity index (χ4n) is 2.54. The molecule has 0 bridgehead atoms. The van der Waals surface area contributed by atoms with Crippen LogP contribution >= 0.6 is 0 Å². The molecule has 0 radical (unpaired) electrons. The van der Waals surface area contributed by atoms with Crippen molar-refractivity contribution in [2.45, 2.75) is 37.8 Å². The quantitative estimate of drug-likeness (QED) is 0.635. The number of nitrogens with zero attached hydrogens (tertiary/aromatic N) is 2. The van der Waals surface area contributed by atoms with Gasteiger partial charge in [-0.2, -0.15) is 0 Å². The Morgan fingerprint density at radius 1 is 1.27 bits per heavy atom. The minimum Gasteiger partial charge on any atom is -0.480 e. The molecule has 0 saturated carbocycles. The number of hydrazine groups is 1. The molecule has 5 nitrogen and oxygen atoms in total. The molecular formula is C10H19N3O2. The van der Waals surface area contributed by atoms with Crippen LogP contribution in [0.25, 0.3) is 0 Å². The van der Waals surface area contributed by atoms with E-state index in [0.717, 1.165) is 38.8 Å². The van der Waals surface area contributed by atoms with Gasteiger partial charge in [-0.1, -0.05) is 0 Å².